The number of hydrogen-bond donors (Lipinski definition) is 0. The van der Waals surface area contributed by atoms with Crippen LogP contribution in [0.3, 0.4) is 0 Å². The molecular formula is C12H8FNO2. The maximum atomic E-state index is 12.7. The zero-order valence-electron chi connectivity index (χ0n) is 8.26. The minimum absolute atomic E-state index is 0.273. The SMILES string of the molecule is O=Cc1cccn1C(=O)c1ccc(F)cc1. The Morgan fingerprint density at radius 3 is 2.50 bits per heavy atom. The molecule has 0 bridgehead atoms. The summed E-state index contributed by atoms with van der Waals surface area (Å²) in [5.41, 5.74) is 0.607. The van der Waals surface area contributed by atoms with E-state index in [-0.39, 0.29) is 11.6 Å². The third kappa shape index (κ3) is 1.77. The highest BCUT2D eigenvalue weighted by molar-refractivity contribution is 5.98. The van der Waals surface area contributed by atoms with Crippen molar-refractivity contribution in [2.24, 2.45) is 0 Å². The minimum Gasteiger partial charge on any atom is -0.296 e. The molecule has 2 aromatic rings. The predicted molar refractivity (Wildman–Crippen MR) is 55.9 cm³/mol. The fraction of sp³-hybridized carbons (Fsp3) is 0. The Hall–Kier alpha value is -2.23. The lowest BCUT2D eigenvalue weighted by Gasteiger charge is -2.03. The highest BCUT2D eigenvalue weighted by Gasteiger charge is 2.10. The van der Waals surface area contributed by atoms with Crippen LogP contribution in [0.4, 0.5) is 4.39 Å². The first kappa shape index (κ1) is 10.3. The molecule has 2 rings (SSSR count). The van der Waals surface area contributed by atoms with Gasteiger partial charge in [0.15, 0.2) is 6.29 Å². The Morgan fingerprint density at radius 2 is 1.88 bits per heavy atom. The van der Waals surface area contributed by atoms with Gasteiger partial charge in [-0.05, 0) is 36.4 Å². The molecule has 0 saturated heterocycles. The van der Waals surface area contributed by atoms with Gasteiger partial charge in [-0.1, -0.05) is 0 Å². The van der Waals surface area contributed by atoms with E-state index in [1.54, 1.807) is 6.07 Å². The zero-order valence-corrected chi connectivity index (χ0v) is 8.26. The molecule has 0 radical (unpaired) electrons. The summed E-state index contributed by atoms with van der Waals surface area (Å²) >= 11 is 0. The molecule has 0 aliphatic carbocycles. The van der Waals surface area contributed by atoms with Crippen LogP contribution in [-0.2, 0) is 0 Å². The van der Waals surface area contributed by atoms with Crippen LogP contribution in [0.15, 0.2) is 42.6 Å². The van der Waals surface area contributed by atoms with Crippen LogP contribution in [0.1, 0.15) is 20.8 Å². The molecule has 1 aromatic heterocycles. The number of hydrogen-bond acceptors (Lipinski definition) is 2. The zero-order chi connectivity index (χ0) is 11.5. The number of aromatic nitrogens is 1. The number of rotatable bonds is 2. The molecule has 0 spiro atoms. The summed E-state index contributed by atoms with van der Waals surface area (Å²) in [6.07, 6.45) is 2.09. The van der Waals surface area contributed by atoms with Crippen molar-refractivity contribution in [3.63, 3.8) is 0 Å². The summed E-state index contributed by atoms with van der Waals surface area (Å²) < 4.78 is 13.9. The fourth-order valence-electron chi connectivity index (χ4n) is 1.41. The quantitative estimate of drug-likeness (QED) is 0.723. The lowest BCUT2D eigenvalue weighted by atomic mass is 10.2. The van der Waals surface area contributed by atoms with Crippen molar-refractivity contribution in [2.45, 2.75) is 0 Å². The van der Waals surface area contributed by atoms with Crippen molar-refractivity contribution in [1.29, 1.82) is 0 Å². The number of halogens is 1. The molecule has 80 valence electrons. The van der Waals surface area contributed by atoms with E-state index in [1.807, 2.05) is 0 Å². The Bertz CT molecular complexity index is 528. The third-order valence-corrected chi connectivity index (χ3v) is 2.21. The third-order valence-electron chi connectivity index (χ3n) is 2.21. The van der Waals surface area contributed by atoms with Gasteiger partial charge in [-0.25, -0.2) is 4.39 Å². The normalized spacial score (nSPS) is 10.1. The van der Waals surface area contributed by atoms with Crippen LogP contribution < -0.4 is 0 Å². The van der Waals surface area contributed by atoms with E-state index >= 15 is 0 Å². The van der Waals surface area contributed by atoms with Crippen molar-refractivity contribution >= 4 is 12.2 Å². The van der Waals surface area contributed by atoms with Gasteiger partial charge < -0.3 is 0 Å². The Kier molecular flexibility index (Phi) is 2.64. The van der Waals surface area contributed by atoms with Gasteiger partial charge in [0.1, 0.15) is 5.82 Å². The van der Waals surface area contributed by atoms with E-state index in [1.165, 1.54) is 41.1 Å². The van der Waals surface area contributed by atoms with E-state index in [0.29, 0.717) is 11.8 Å². The second-order valence-electron chi connectivity index (χ2n) is 3.23. The molecule has 0 fully saturated rings. The Balaban J connectivity index is 2.39. The Morgan fingerprint density at radius 1 is 1.19 bits per heavy atom. The smallest absolute Gasteiger partial charge is 0.262 e. The van der Waals surface area contributed by atoms with Gasteiger partial charge >= 0.3 is 0 Å². The van der Waals surface area contributed by atoms with E-state index in [4.69, 9.17) is 0 Å². The van der Waals surface area contributed by atoms with Gasteiger partial charge in [-0.15, -0.1) is 0 Å². The highest BCUT2D eigenvalue weighted by atomic mass is 19.1. The number of carbonyl (C=O) groups excluding carboxylic acids is 2. The van der Waals surface area contributed by atoms with E-state index in [2.05, 4.69) is 0 Å². The standard InChI is InChI=1S/C12H8FNO2/c13-10-5-3-9(4-6-10)12(16)14-7-1-2-11(14)8-15/h1-8H. The molecule has 0 saturated carbocycles. The second kappa shape index (κ2) is 4.10. The van der Waals surface area contributed by atoms with Gasteiger partial charge in [0, 0.05) is 11.8 Å². The van der Waals surface area contributed by atoms with E-state index in [0.717, 1.165) is 0 Å². The largest absolute Gasteiger partial charge is 0.296 e. The average Bonchev–Trinajstić information content (AvgIpc) is 2.77. The summed E-state index contributed by atoms with van der Waals surface area (Å²) in [4.78, 5) is 22.5. The molecule has 16 heavy (non-hydrogen) atoms. The van der Waals surface area contributed by atoms with Crippen LogP contribution in [0.2, 0.25) is 0 Å². The van der Waals surface area contributed by atoms with Crippen molar-refractivity contribution < 1.29 is 14.0 Å². The van der Waals surface area contributed by atoms with E-state index in [9.17, 15) is 14.0 Å². The monoisotopic (exact) mass is 217 g/mol. The predicted octanol–water partition coefficient (Wildman–Crippen LogP) is 2.13. The number of benzene rings is 1. The summed E-state index contributed by atoms with van der Waals surface area (Å²) in [5, 5.41) is 0. The van der Waals surface area contributed by atoms with Crippen LogP contribution in [-0.4, -0.2) is 16.8 Å². The molecule has 3 nitrogen and oxygen atoms in total. The summed E-state index contributed by atoms with van der Waals surface area (Å²) in [7, 11) is 0. The van der Waals surface area contributed by atoms with Crippen LogP contribution >= 0.6 is 0 Å². The first-order chi connectivity index (χ1) is 7.72. The first-order valence-corrected chi connectivity index (χ1v) is 4.65. The van der Waals surface area contributed by atoms with E-state index < -0.39 is 5.82 Å². The molecule has 0 atom stereocenters. The van der Waals surface area contributed by atoms with Crippen molar-refractivity contribution in [3.05, 3.63) is 59.7 Å². The molecule has 0 aliphatic heterocycles. The van der Waals surface area contributed by atoms with Crippen LogP contribution in [0, 0.1) is 5.82 Å². The number of nitrogens with zero attached hydrogens (tertiary/aromatic N) is 1. The van der Waals surface area contributed by atoms with Gasteiger partial charge in [0.2, 0.25) is 0 Å². The number of aldehydes is 1. The second-order valence-corrected chi connectivity index (χ2v) is 3.23. The molecule has 0 amide bonds. The highest BCUT2D eigenvalue weighted by Crippen LogP contribution is 2.08. The molecule has 0 N–H and O–H groups in total. The van der Waals surface area contributed by atoms with Crippen LogP contribution in [0.25, 0.3) is 0 Å². The average molecular weight is 217 g/mol. The lowest BCUT2D eigenvalue weighted by molar-refractivity contribution is 0.0947. The topological polar surface area (TPSA) is 39.1 Å². The summed E-state index contributed by atoms with van der Waals surface area (Å²) in [6, 6.07) is 8.31. The molecule has 1 aromatic carbocycles. The summed E-state index contributed by atoms with van der Waals surface area (Å²) in [6.45, 7) is 0. The van der Waals surface area contributed by atoms with Gasteiger partial charge in [0.05, 0.1) is 5.69 Å². The fourth-order valence-corrected chi connectivity index (χ4v) is 1.41. The molecule has 4 heteroatoms. The Labute approximate surface area is 91.1 Å². The van der Waals surface area contributed by atoms with Gasteiger partial charge in [-0.3, -0.25) is 14.2 Å². The first-order valence-electron chi connectivity index (χ1n) is 4.65. The van der Waals surface area contributed by atoms with Crippen molar-refractivity contribution in [3.8, 4) is 0 Å². The molecule has 0 aliphatic rings. The van der Waals surface area contributed by atoms with Crippen LogP contribution in [0.5, 0.6) is 0 Å². The number of carbonyl (C=O) groups is 2. The van der Waals surface area contributed by atoms with Crippen molar-refractivity contribution in [2.75, 3.05) is 0 Å². The maximum absolute atomic E-state index is 12.7. The van der Waals surface area contributed by atoms with Gasteiger partial charge in [-0.2, -0.15) is 0 Å². The molecular weight excluding hydrogens is 209 g/mol. The lowest BCUT2D eigenvalue weighted by Crippen LogP contribution is -2.13. The maximum Gasteiger partial charge on any atom is 0.262 e. The minimum atomic E-state index is -0.403. The van der Waals surface area contributed by atoms with Gasteiger partial charge in [0.25, 0.3) is 5.91 Å². The van der Waals surface area contributed by atoms with Crippen molar-refractivity contribution in [1.82, 2.24) is 4.57 Å². The molecule has 1 heterocycles. The molecule has 0 unspecified atom stereocenters. The summed E-state index contributed by atoms with van der Waals surface area (Å²) in [5.74, 6) is -0.758.